The van der Waals surface area contributed by atoms with Gasteiger partial charge < -0.3 is 18.6 Å². The van der Waals surface area contributed by atoms with Gasteiger partial charge in [0, 0.05) is 61.7 Å². The zero-order valence-corrected chi connectivity index (χ0v) is 41.2. The van der Waals surface area contributed by atoms with Crippen LogP contribution in [0, 0.1) is 90.0 Å². The lowest BCUT2D eigenvalue weighted by molar-refractivity contribution is 0.656. The summed E-state index contributed by atoms with van der Waals surface area (Å²) in [5.74, 6) is 0. The van der Waals surface area contributed by atoms with Crippen LogP contribution in [-0.4, -0.2) is 0 Å². The molecule has 4 nitrogen and oxygen atoms in total. The largest absolute Gasteiger partial charge is 0.456 e. The minimum absolute atomic E-state index is 0.836. The first kappa shape index (κ1) is 42.3. The predicted molar refractivity (Wildman–Crippen MR) is 287 cm³/mol. The quantitative estimate of drug-likeness (QED) is 0.167. The highest BCUT2D eigenvalue weighted by Gasteiger charge is 2.24. The van der Waals surface area contributed by atoms with E-state index in [1.165, 1.54) is 106 Å². The predicted octanol–water partition coefficient (Wildman–Crippen LogP) is 18.7. The number of rotatable bonds is 6. The Balaban J connectivity index is 1.04. The summed E-state index contributed by atoms with van der Waals surface area (Å²) in [5, 5.41) is 9.11. The van der Waals surface area contributed by atoms with Crippen molar-refractivity contribution in [3.05, 3.63) is 188 Å². The molecule has 0 amide bonds. The van der Waals surface area contributed by atoms with Crippen molar-refractivity contribution in [1.82, 2.24) is 0 Å². The lowest BCUT2D eigenvalue weighted by atomic mass is 9.97. The van der Waals surface area contributed by atoms with Crippen LogP contribution in [0.4, 0.5) is 34.1 Å². The molecule has 9 aromatic carbocycles. The molecular weight excluding hydrogens is 817 g/mol. The molecule has 0 aliphatic heterocycles. The van der Waals surface area contributed by atoms with E-state index in [0.29, 0.717) is 0 Å². The number of aryl methyl sites for hydroxylation is 5. The molecule has 0 fully saturated rings. The fourth-order valence-electron chi connectivity index (χ4n) is 10.7. The van der Waals surface area contributed by atoms with E-state index in [9.17, 15) is 0 Å². The lowest BCUT2D eigenvalue weighted by Gasteiger charge is -2.30. The number of benzene rings is 9. The van der Waals surface area contributed by atoms with Crippen molar-refractivity contribution in [3.8, 4) is 0 Å². The molecule has 0 radical (unpaired) electrons. The Morgan fingerprint density at radius 2 is 0.597 bits per heavy atom. The summed E-state index contributed by atoms with van der Waals surface area (Å²) in [6, 6.07) is 43.0. The van der Waals surface area contributed by atoms with Crippen molar-refractivity contribution < 1.29 is 8.83 Å². The van der Waals surface area contributed by atoms with Gasteiger partial charge in [0.2, 0.25) is 0 Å². The molecule has 2 heterocycles. The van der Waals surface area contributed by atoms with Gasteiger partial charge in [-0.1, -0.05) is 36.4 Å². The molecule has 0 unspecified atom stereocenters. The Morgan fingerprint density at radius 1 is 0.269 bits per heavy atom. The molecule has 0 aliphatic carbocycles. The monoisotopic (exact) mass is 874 g/mol. The average molecular weight is 875 g/mol. The van der Waals surface area contributed by atoms with E-state index in [-0.39, 0.29) is 0 Å². The Bertz CT molecular complexity index is 3550. The van der Waals surface area contributed by atoms with Crippen LogP contribution in [0.25, 0.3) is 65.4 Å². The van der Waals surface area contributed by atoms with E-state index in [0.717, 1.165) is 66.0 Å². The first-order chi connectivity index (χ1) is 32.1. The zero-order chi connectivity index (χ0) is 46.9. The van der Waals surface area contributed by atoms with E-state index in [1.807, 2.05) is 0 Å². The van der Waals surface area contributed by atoms with Crippen LogP contribution >= 0.6 is 0 Å². The highest BCUT2D eigenvalue weighted by Crippen LogP contribution is 2.47. The topological polar surface area (TPSA) is 32.8 Å². The van der Waals surface area contributed by atoms with Gasteiger partial charge in [0.25, 0.3) is 0 Å². The molecule has 332 valence electrons. The third kappa shape index (κ3) is 6.48. The smallest absolute Gasteiger partial charge is 0.139 e. The average Bonchev–Trinajstić information content (AvgIpc) is 3.86. The zero-order valence-electron chi connectivity index (χ0n) is 41.2. The number of anilines is 6. The van der Waals surface area contributed by atoms with E-state index in [2.05, 4.69) is 215 Å². The highest BCUT2D eigenvalue weighted by atomic mass is 16.3. The minimum atomic E-state index is 0.836. The van der Waals surface area contributed by atoms with Gasteiger partial charge in [-0.05, 0) is 257 Å². The van der Waals surface area contributed by atoms with Crippen LogP contribution < -0.4 is 9.80 Å². The molecule has 0 spiro atoms. The normalized spacial score (nSPS) is 12.0. The van der Waals surface area contributed by atoms with Crippen molar-refractivity contribution in [1.29, 1.82) is 0 Å². The van der Waals surface area contributed by atoms with Crippen LogP contribution in [-0.2, 0) is 0 Å². The number of fused-ring (bicyclic) bond motifs is 8. The second-order valence-electron chi connectivity index (χ2n) is 19.5. The molecule has 0 saturated heterocycles. The van der Waals surface area contributed by atoms with Gasteiger partial charge in [-0.3, -0.25) is 0 Å². The van der Waals surface area contributed by atoms with Crippen LogP contribution in [0.2, 0.25) is 0 Å². The summed E-state index contributed by atoms with van der Waals surface area (Å²) in [6.07, 6.45) is 0. The fourth-order valence-corrected chi connectivity index (χ4v) is 10.7. The second-order valence-corrected chi connectivity index (χ2v) is 19.5. The fraction of sp³-hybridized carbons (Fsp3) is 0.206. The summed E-state index contributed by atoms with van der Waals surface area (Å²) >= 11 is 0. The number of hydrogen-bond donors (Lipinski definition) is 0. The Labute approximate surface area is 394 Å². The lowest BCUT2D eigenvalue weighted by Crippen LogP contribution is -2.14. The third-order valence-electron chi connectivity index (χ3n) is 15.9. The van der Waals surface area contributed by atoms with Gasteiger partial charge in [0.15, 0.2) is 0 Å². The Morgan fingerprint density at radius 3 is 0.925 bits per heavy atom. The van der Waals surface area contributed by atoms with E-state index in [1.54, 1.807) is 0 Å². The molecular formula is C63H58N2O2. The van der Waals surface area contributed by atoms with E-state index >= 15 is 0 Å². The molecule has 2 aromatic heterocycles. The molecule has 11 aromatic rings. The first-order valence-corrected chi connectivity index (χ1v) is 23.7. The summed E-state index contributed by atoms with van der Waals surface area (Å²) in [7, 11) is 0. The molecule has 0 bridgehead atoms. The van der Waals surface area contributed by atoms with Crippen molar-refractivity contribution in [2.75, 3.05) is 9.80 Å². The van der Waals surface area contributed by atoms with Crippen molar-refractivity contribution >= 4 is 99.5 Å². The van der Waals surface area contributed by atoms with E-state index < -0.39 is 0 Å². The van der Waals surface area contributed by atoms with Crippen molar-refractivity contribution in [2.24, 2.45) is 0 Å². The maximum Gasteiger partial charge on any atom is 0.139 e. The minimum Gasteiger partial charge on any atom is -0.456 e. The van der Waals surface area contributed by atoms with Gasteiger partial charge in [0.1, 0.15) is 22.3 Å². The summed E-state index contributed by atoms with van der Waals surface area (Å²) in [6.45, 7) is 28.9. The molecule has 0 atom stereocenters. The summed E-state index contributed by atoms with van der Waals surface area (Å²) in [5.41, 5.74) is 27.2. The van der Waals surface area contributed by atoms with Gasteiger partial charge in [-0.2, -0.15) is 0 Å². The number of furan rings is 2. The maximum atomic E-state index is 6.79. The molecule has 67 heavy (non-hydrogen) atoms. The van der Waals surface area contributed by atoms with Crippen molar-refractivity contribution in [2.45, 2.75) is 90.0 Å². The third-order valence-corrected chi connectivity index (χ3v) is 15.9. The highest BCUT2D eigenvalue weighted by molar-refractivity contribution is 6.21. The molecule has 11 rings (SSSR count). The number of hydrogen-bond acceptors (Lipinski definition) is 4. The SMILES string of the molecule is Cc1ccc(N(c2ccc3cc4c(cc3c2)oc2cc3oc5cc6cc(N(c7ccc(C)c(C)c7C)c7ccc(C)c(C)c7C)ccc6cc5c3c(C)c24)c2ccc(C)c(C)c2C)c(C)c1C. The van der Waals surface area contributed by atoms with Crippen LogP contribution in [0.3, 0.4) is 0 Å². The molecule has 0 aliphatic rings. The molecule has 4 heteroatoms. The van der Waals surface area contributed by atoms with Crippen LogP contribution in [0.1, 0.15) is 72.3 Å². The Hall–Kier alpha value is -7.30. The van der Waals surface area contributed by atoms with Gasteiger partial charge >= 0.3 is 0 Å². The van der Waals surface area contributed by atoms with Crippen LogP contribution in [0.15, 0.2) is 124 Å². The standard InChI is InChI=1S/C63H58N2O2/c1-33-14-22-54(41(9)37(33)5)64(55-23-15-34(2)38(6)42(55)10)50-20-18-46-28-52-58(30-48(46)26-50)66-60-32-61-63(45(13)62(52)60)53-29-47-19-21-51(27-49(47)31-59(53)67-61)65(56-24-16-35(3)39(7)43(56)11)57-25-17-36(4)40(8)44(57)12/h14-32H,1-13H3. The van der Waals surface area contributed by atoms with Gasteiger partial charge in [-0.15, -0.1) is 0 Å². The van der Waals surface area contributed by atoms with Gasteiger partial charge in [-0.25, -0.2) is 0 Å². The maximum absolute atomic E-state index is 6.79. The molecule has 0 N–H and O–H groups in total. The van der Waals surface area contributed by atoms with Crippen LogP contribution in [0.5, 0.6) is 0 Å². The van der Waals surface area contributed by atoms with E-state index in [4.69, 9.17) is 8.83 Å². The number of nitrogens with zero attached hydrogens (tertiary/aromatic N) is 2. The first-order valence-electron chi connectivity index (χ1n) is 23.7. The molecule has 0 saturated carbocycles. The second kappa shape index (κ2) is 15.4. The van der Waals surface area contributed by atoms with Crippen molar-refractivity contribution in [3.63, 3.8) is 0 Å². The summed E-state index contributed by atoms with van der Waals surface area (Å²) in [4.78, 5) is 4.88. The van der Waals surface area contributed by atoms with Gasteiger partial charge in [0.05, 0.1) is 0 Å². The Kier molecular flexibility index (Phi) is 9.72. The summed E-state index contributed by atoms with van der Waals surface area (Å²) < 4.78 is 13.6.